The van der Waals surface area contributed by atoms with E-state index >= 15 is 0 Å². The molecule has 1 aromatic rings. The van der Waals surface area contributed by atoms with Crippen LogP contribution in [0.4, 0.5) is 5.69 Å². The van der Waals surface area contributed by atoms with Crippen molar-refractivity contribution in [1.82, 2.24) is 15.5 Å². The number of halogens is 1. The number of carbonyl (C=O) groups excluding carboxylic acids is 1. The molecule has 2 N–H and O–H groups in total. The lowest BCUT2D eigenvalue weighted by atomic mass is 10.1. The Balaban J connectivity index is 0.00000480. The zero-order chi connectivity index (χ0) is 21.6. The number of non-ortho nitro benzene ring substituents is 1. The molecule has 31 heavy (non-hydrogen) atoms. The monoisotopic (exact) mass is 545 g/mol. The zero-order valence-electron chi connectivity index (χ0n) is 18.5. The molecule has 9 heteroatoms. The SMILES string of the molecule is CCNC(=NCCCN1CCCCCC1=O)NCCCCc1ccc([N+](=O)[O-])cc1.I. The van der Waals surface area contributed by atoms with Crippen molar-refractivity contribution in [3.63, 3.8) is 0 Å². The predicted molar refractivity (Wildman–Crippen MR) is 135 cm³/mol. The molecule has 0 radical (unpaired) electrons. The second-order valence-corrected chi connectivity index (χ2v) is 7.61. The highest BCUT2D eigenvalue weighted by Gasteiger charge is 2.15. The van der Waals surface area contributed by atoms with Crippen molar-refractivity contribution in [1.29, 1.82) is 0 Å². The molecule has 1 fully saturated rings. The van der Waals surface area contributed by atoms with Gasteiger partial charge in [-0.1, -0.05) is 18.6 Å². The van der Waals surface area contributed by atoms with Crippen molar-refractivity contribution in [2.24, 2.45) is 4.99 Å². The van der Waals surface area contributed by atoms with Crippen LogP contribution in [0.1, 0.15) is 57.4 Å². The molecule has 8 nitrogen and oxygen atoms in total. The fourth-order valence-electron chi connectivity index (χ4n) is 3.51. The van der Waals surface area contributed by atoms with Crippen LogP contribution in [0.15, 0.2) is 29.3 Å². The molecule has 0 spiro atoms. The van der Waals surface area contributed by atoms with Gasteiger partial charge in [0.25, 0.3) is 5.69 Å². The number of unbranched alkanes of at least 4 members (excludes halogenated alkanes) is 1. The van der Waals surface area contributed by atoms with Gasteiger partial charge in [-0.05, 0) is 51.0 Å². The largest absolute Gasteiger partial charge is 0.357 e. The van der Waals surface area contributed by atoms with Crippen molar-refractivity contribution in [3.8, 4) is 0 Å². The molecule has 1 aromatic carbocycles. The number of likely N-dealkylation sites (tertiary alicyclic amines) is 1. The van der Waals surface area contributed by atoms with Crippen molar-refractivity contribution >= 4 is 41.5 Å². The van der Waals surface area contributed by atoms with Crippen molar-refractivity contribution < 1.29 is 9.72 Å². The Morgan fingerprint density at radius 3 is 2.61 bits per heavy atom. The molecule has 0 saturated carbocycles. The normalized spacial score (nSPS) is 14.5. The van der Waals surface area contributed by atoms with Crippen LogP contribution in [0.2, 0.25) is 0 Å². The van der Waals surface area contributed by atoms with Gasteiger partial charge in [0, 0.05) is 51.3 Å². The molecule has 0 unspecified atom stereocenters. The summed E-state index contributed by atoms with van der Waals surface area (Å²) in [6, 6.07) is 6.77. The highest BCUT2D eigenvalue weighted by molar-refractivity contribution is 14.0. The van der Waals surface area contributed by atoms with Crippen molar-refractivity contribution in [2.75, 3.05) is 32.7 Å². The topological polar surface area (TPSA) is 99.9 Å². The van der Waals surface area contributed by atoms with E-state index in [1.807, 2.05) is 24.0 Å². The van der Waals surface area contributed by atoms with E-state index in [1.165, 1.54) is 0 Å². The third kappa shape index (κ3) is 10.8. The Bertz CT molecular complexity index is 697. The molecule has 1 amide bonds. The van der Waals surface area contributed by atoms with Crippen LogP contribution in [0.25, 0.3) is 0 Å². The average molecular weight is 545 g/mol. The van der Waals surface area contributed by atoms with E-state index in [4.69, 9.17) is 0 Å². The summed E-state index contributed by atoms with van der Waals surface area (Å²) in [7, 11) is 0. The summed E-state index contributed by atoms with van der Waals surface area (Å²) < 4.78 is 0. The van der Waals surface area contributed by atoms with Gasteiger partial charge in [-0.25, -0.2) is 0 Å². The Labute approximate surface area is 202 Å². The number of nitrogens with one attached hydrogen (secondary N) is 2. The number of hydrogen-bond acceptors (Lipinski definition) is 4. The quantitative estimate of drug-likeness (QED) is 0.110. The maximum atomic E-state index is 12.0. The molecule has 1 saturated heterocycles. The summed E-state index contributed by atoms with van der Waals surface area (Å²) in [5, 5.41) is 17.3. The van der Waals surface area contributed by atoms with Crippen molar-refractivity contribution in [2.45, 2.75) is 58.3 Å². The number of carbonyl (C=O) groups is 1. The molecule has 1 aliphatic rings. The lowest BCUT2D eigenvalue weighted by Gasteiger charge is -2.20. The van der Waals surface area contributed by atoms with E-state index in [0.29, 0.717) is 13.0 Å². The Morgan fingerprint density at radius 1 is 1.13 bits per heavy atom. The van der Waals surface area contributed by atoms with Gasteiger partial charge in [-0.3, -0.25) is 19.9 Å². The van der Waals surface area contributed by atoms with Crippen LogP contribution in [0.3, 0.4) is 0 Å². The summed E-state index contributed by atoms with van der Waals surface area (Å²) in [5.41, 5.74) is 1.25. The molecule has 1 heterocycles. The number of aliphatic imine (C=N–C) groups is 1. The van der Waals surface area contributed by atoms with E-state index in [-0.39, 0.29) is 40.5 Å². The van der Waals surface area contributed by atoms with Gasteiger partial charge in [0.1, 0.15) is 0 Å². The number of nitro benzene ring substituents is 1. The molecule has 0 aromatic heterocycles. The van der Waals surface area contributed by atoms with Gasteiger partial charge in [0.2, 0.25) is 5.91 Å². The van der Waals surface area contributed by atoms with Crippen LogP contribution in [0, 0.1) is 10.1 Å². The number of rotatable bonds is 11. The first kappa shape index (κ1) is 27.1. The maximum absolute atomic E-state index is 12.0. The minimum Gasteiger partial charge on any atom is -0.357 e. The van der Waals surface area contributed by atoms with Crippen molar-refractivity contribution in [3.05, 3.63) is 39.9 Å². The highest BCUT2D eigenvalue weighted by atomic mass is 127. The molecule has 1 aliphatic heterocycles. The number of hydrogen-bond donors (Lipinski definition) is 2. The molecule has 174 valence electrons. The minimum absolute atomic E-state index is 0. The average Bonchev–Trinajstić information content (AvgIpc) is 2.95. The van der Waals surface area contributed by atoms with Crippen LogP contribution in [0.5, 0.6) is 0 Å². The van der Waals surface area contributed by atoms with E-state index in [2.05, 4.69) is 15.6 Å². The number of benzene rings is 1. The van der Waals surface area contributed by atoms with Crippen LogP contribution in [-0.4, -0.2) is 54.4 Å². The van der Waals surface area contributed by atoms with Gasteiger partial charge in [0.05, 0.1) is 4.92 Å². The van der Waals surface area contributed by atoms with Gasteiger partial charge < -0.3 is 15.5 Å². The number of amides is 1. The van der Waals surface area contributed by atoms with E-state index in [9.17, 15) is 14.9 Å². The molecular weight excluding hydrogens is 509 g/mol. The molecule has 0 aliphatic carbocycles. The lowest BCUT2D eigenvalue weighted by Crippen LogP contribution is -2.38. The fraction of sp³-hybridized carbons (Fsp3) is 0.636. The summed E-state index contributed by atoms with van der Waals surface area (Å²) in [5.74, 6) is 1.10. The molecule has 0 atom stereocenters. The Morgan fingerprint density at radius 2 is 1.90 bits per heavy atom. The van der Waals surface area contributed by atoms with Crippen LogP contribution >= 0.6 is 24.0 Å². The fourth-order valence-corrected chi connectivity index (χ4v) is 3.51. The lowest BCUT2D eigenvalue weighted by molar-refractivity contribution is -0.384. The van der Waals surface area contributed by atoms with E-state index < -0.39 is 0 Å². The number of nitrogens with zero attached hydrogens (tertiary/aromatic N) is 3. The maximum Gasteiger partial charge on any atom is 0.269 e. The van der Waals surface area contributed by atoms with Gasteiger partial charge in [0.15, 0.2) is 5.96 Å². The Kier molecular flexibility index (Phi) is 13.8. The third-order valence-corrected chi connectivity index (χ3v) is 5.20. The minimum atomic E-state index is -0.374. The summed E-state index contributed by atoms with van der Waals surface area (Å²) in [6.07, 6.45) is 7.74. The number of nitro groups is 1. The summed E-state index contributed by atoms with van der Waals surface area (Å²) in [4.78, 5) is 29.0. The second kappa shape index (κ2) is 15.8. The summed E-state index contributed by atoms with van der Waals surface area (Å²) >= 11 is 0. The van der Waals surface area contributed by atoms with Gasteiger partial charge >= 0.3 is 0 Å². The molecule has 0 bridgehead atoms. The van der Waals surface area contributed by atoms with E-state index in [1.54, 1.807) is 12.1 Å². The second-order valence-electron chi connectivity index (χ2n) is 7.61. The smallest absolute Gasteiger partial charge is 0.269 e. The number of aryl methyl sites for hydroxylation is 1. The standard InChI is InChI=1S/C22H35N5O3.HI/c1-2-23-22(25-16-8-18-26-17-7-3-4-10-21(26)28)24-15-6-5-9-19-11-13-20(14-12-19)27(29)30;/h11-14H,2-10,15-18H2,1H3,(H2,23,24,25);1H. The molecule has 2 rings (SSSR count). The first-order valence-corrected chi connectivity index (χ1v) is 11.1. The third-order valence-electron chi connectivity index (χ3n) is 5.20. The van der Waals surface area contributed by atoms with E-state index in [0.717, 1.165) is 82.6 Å². The Hall–Kier alpha value is -1.91. The molecular formula is C22H36IN5O3. The van der Waals surface area contributed by atoms with Gasteiger partial charge in [-0.15, -0.1) is 24.0 Å². The van der Waals surface area contributed by atoms with Crippen LogP contribution < -0.4 is 10.6 Å². The number of guanidine groups is 1. The summed E-state index contributed by atoms with van der Waals surface area (Å²) in [6.45, 7) is 6.04. The zero-order valence-corrected chi connectivity index (χ0v) is 20.8. The first-order chi connectivity index (χ1) is 14.6. The van der Waals surface area contributed by atoms with Crippen LogP contribution in [-0.2, 0) is 11.2 Å². The first-order valence-electron chi connectivity index (χ1n) is 11.1. The predicted octanol–water partition coefficient (Wildman–Crippen LogP) is 3.88. The highest BCUT2D eigenvalue weighted by Crippen LogP contribution is 2.13. The van der Waals surface area contributed by atoms with Gasteiger partial charge in [-0.2, -0.15) is 0 Å².